The SMILES string of the molecule is CCn1nc(C)cc1CC(O)c1cccc(OC(F)F)c1. The van der Waals surface area contributed by atoms with Gasteiger partial charge in [-0.2, -0.15) is 13.9 Å². The van der Waals surface area contributed by atoms with Crippen LogP contribution < -0.4 is 4.74 Å². The minimum absolute atomic E-state index is 0.0433. The van der Waals surface area contributed by atoms with Gasteiger partial charge in [0.25, 0.3) is 0 Å². The first-order chi connectivity index (χ1) is 9.99. The number of alkyl halides is 2. The molecule has 0 saturated carbocycles. The van der Waals surface area contributed by atoms with Crippen LogP contribution in [0.25, 0.3) is 0 Å². The first kappa shape index (κ1) is 15.4. The molecular formula is C15H18F2N2O2. The van der Waals surface area contributed by atoms with Crippen molar-refractivity contribution in [1.82, 2.24) is 9.78 Å². The lowest BCUT2D eigenvalue weighted by molar-refractivity contribution is -0.0499. The summed E-state index contributed by atoms with van der Waals surface area (Å²) in [5.41, 5.74) is 2.33. The Morgan fingerprint density at radius 1 is 1.33 bits per heavy atom. The van der Waals surface area contributed by atoms with E-state index in [0.29, 0.717) is 18.5 Å². The van der Waals surface area contributed by atoms with Crippen LogP contribution in [-0.2, 0) is 13.0 Å². The Morgan fingerprint density at radius 2 is 2.10 bits per heavy atom. The maximum atomic E-state index is 12.2. The van der Waals surface area contributed by atoms with Gasteiger partial charge < -0.3 is 9.84 Å². The molecule has 1 aromatic carbocycles. The number of nitrogens with zero attached hydrogens (tertiary/aromatic N) is 2. The van der Waals surface area contributed by atoms with Crippen molar-refractivity contribution in [2.24, 2.45) is 0 Å². The zero-order valence-electron chi connectivity index (χ0n) is 12.0. The van der Waals surface area contributed by atoms with Crippen molar-refractivity contribution < 1.29 is 18.6 Å². The Kier molecular flexibility index (Phi) is 4.90. The number of hydrogen-bond acceptors (Lipinski definition) is 3. The lowest BCUT2D eigenvalue weighted by Crippen LogP contribution is -2.09. The van der Waals surface area contributed by atoms with Crippen molar-refractivity contribution in [3.8, 4) is 5.75 Å². The number of halogens is 2. The van der Waals surface area contributed by atoms with Crippen LogP contribution in [0.2, 0.25) is 0 Å². The third-order valence-electron chi connectivity index (χ3n) is 3.16. The summed E-state index contributed by atoms with van der Waals surface area (Å²) in [6, 6.07) is 8.03. The predicted molar refractivity (Wildman–Crippen MR) is 74.4 cm³/mol. The molecule has 2 rings (SSSR count). The number of ether oxygens (including phenoxy) is 1. The van der Waals surface area contributed by atoms with Gasteiger partial charge in [0.2, 0.25) is 0 Å². The van der Waals surface area contributed by atoms with Crippen molar-refractivity contribution in [2.45, 2.75) is 39.5 Å². The Balaban J connectivity index is 2.14. The quantitative estimate of drug-likeness (QED) is 0.891. The molecule has 1 N–H and O–H groups in total. The van der Waals surface area contributed by atoms with Gasteiger partial charge in [-0.25, -0.2) is 0 Å². The lowest BCUT2D eigenvalue weighted by Gasteiger charge is -2.13. The molecule has 0 fully saturated rings. The summed E-state index contributed by atoms with van der Waals surface area (Å²) < 4.78 is 30.6. The van der Waals surface area contributed by atoms with Crippen LogP contribution in [0.3, 0.4) is 0 Å². The first-order valence-corrected chi connectivity index (χ1v) is 6.75. The van der Waals surface area contributed by atoms with Crippen LogP contribution in [0.15, 0.2) is 30.3 Å². The molecular weight excluding hydrogens is 278 g/mol. The number of aryl methyl sites for hydroxylation is 2. The van der Waals surface area contributed by atoms with E-state index in [4.69, 9.17) is 0 Å². The monoisotopic (exact) mass is 296 g/mol. The van der Waals surface area contributed by atoms with E-state index >= 15 is 0 Å². The van der Waals surface area contributed by atoms with Gasteiger partial charge in [-0.3, -0.25) is 4.68 Å². The molecule has 0 amide bonds. The standard InChI is InChI=1S/C15H18F2N2O2/c1-3-19-12(7-10(2)18-19)9-14(20)11-5-4-6-13(8-11)21-15(16)17/h4-8,14-15,20H,3,9H2,1-2H3. The highest BCUT2D eigenvalue weighted by molar-refractivity contribution is 5.30. The predicted octanol–water partition coefficient (Wildman–Crippen LogP) is 3.09. The first-order valence-electron chi connectivity index (χ1n) is 6.75. The van der Waals surface area contributed by atoms with E-state index in [1.807, 2.05) is 24.6 Å². The normalized spacial score (nSPS) is 12.7. The van der Waals surface area contributed by atoms with Crippen LogP contribution in [0.1, 0.15) is 30.0 Å². The van der Waals surface area contributed by atoms with Crippen molar-refractivity contribution >= 4 is 0 Å². The Hall–Kier alpha value is -1.95. The van der Waals surface area contributed by atoms with Crippen molar-refractivity contribution in [1.29, 1.82) is 0 Å². The molecule has 6 heteroatoms. The number of aromatic nitrogens is 2. The number of benzene rings is 1. The maximum Gasteiger partial charge on any atom is 0.387 e. The molecule has 4 nitrogen and oxygen atoms in total. The zero-order chi connectivity index (χ0) is 15.4. The largest absolute Gasteiger partial charge is 0.435 e. The summed E-state index contributed by atoms with van der Waals surface area (Å²) >= 11 is 0. The third-order valence-corrected chi connectivity index (χ3v) is 3.16. The van der Waals surface area contributed by atoms with E-state index in [0.717, 1.165) is 11.4 Å². The molecule has 0 aliphatic carbocycles. The summed E-state index contributed by atoms with van der Waals surface area (Å²) in [5, 5.41) is 14.6. The molecule has 0 radical (unpaired) electrons. The molecule has 1 unspecified atom stereocenters. The highest BCUT2D eigenvalue weighted by Gasteiger charge is 2.14. The van der Waals surface area contributed by atoms with Crippen molar-refractivity contribution in [3.63, 3.8) is 0 Å². The van der Waals surface area contributed by atoms with Gasteiger partial charge in [-0.05, 0) is 37.6 Å². The van der Waals surface area contributed by atoms with E-state index in [1.165, 1.54) is 12.1 Å². The highest BCUT2D eigenvalue weighted by atomic mass is 19.3. The second-order valence-corrected chi connectivity index (χ2v) is 4.76. The van der Waals surface area contributed by atoms with Gasteiger partial charge in [0, 0.05) is 18.7 Å². The maximum absolute atomic E-state index is 12.2. The molecule has 2 aromatic rings. The summed E-state index contributed by atoms with van der Waals surface area (Å²) in [6.07, 6.45) is -0.431. The fourth-order valence-electron chi connectivity index (χ4n) is 2.25. The number of aliphatic hydroxyl groups is 1. The molecule has 0 bridgehead atoms. The molecule has 1 atom stereocenters. The van der Waals surface area contributed by atoms with Crippen LogP contribution >= 0.6 is 0 Å². The van der Waals surface area contributed by atoms with Crippen molar-refractivity contribution in [2.75, 3.05) is 0 Å². The Morgan fingerprint density at radius 3 is 2.76 bits per heavy atom. The van der Waals surface area contributed by atoms with E-state index in [1.54, 1.807) is 12.1 Å². The van der Waals surface area contributed by atoms with Crippen molar-refractivity contribution in [3.05, 3.63) is 47.3 Å². The lowest BCUT2D eigenvalue weighted by atomic mass is 10.0. The minimum Gasteiger partial charge on any atom is -0.435 e. The molecule has 1 aromatic heterocycles. The summed E-state index contributed by atoms with van der Waals surface area (Å²) in [4.78, 5) is 0. The van der Waals surface area contributed by atoms with Gasteiger partial charge in [0.1, 0.15) is 5.75 Å². The minimum atomic E-state index is -2.87. The van der Waals surface area contributed by atoms with Gasteiger partial charge in [0.15, 0.2) is 0 Å². The molecule has 114 valence electrons. The van der Waals surface area contributed by atoms with Gasteiger partial charge in [0.05, 0.1) is 11.8 Å². The number of aliphatic hydroxyl groups excluding tert-OH is 1. The summed E-state index contributed by atoms with van der Waals surface area (Å²) in [7, 11) is 0. The van der Waals surface area contributed by atoms with E-state index in [9.17, 15) is 13.9 Å². The average molecular weight is 296 g/mol. The molecule has 1 heterocycles. The molecule has 0 aliphatic rings. The average Bonchev–Trinajstić information content (AvgIpc) is 2.78. The Bertz CT molecular complexity index is 599. The van der Waals surface area contributed by atoms with Crippen LogP contribution in [0, 0.1) is 6.92 Å². The van der Waals surface area contributed by atoms with Crippen LogP contribution in [-0.4, -0.2) is 21.5 Å². The fraction of sp³-hybridized carbons (Fsp3) is 0.400. The zero-order valence-corrected chi connectivity index (χ0v) is 12.0. The topological polar surface area (TPSA) is 47.3 Å². The molecule has 21 heavy (non-hydrogen) atoms. The second kappa shape index (κ2) is 6.67. The summed E-state index contributed by atoms with van der Waals surface area (Å²) in [6.45, 7) is 1.70. The fourth-order valence-corrected chi connectivity index (χ4v) is 2.25. The molecule has 0 aliphatic heterocycles. The van der Waals surface area contributed by atoms with E-state index in [-0.39, 0.29) is 5.75 Å². The van der Waals surface area contributed by atoms with Gasteiger partial charge in [-0.15, -0.1) is 0 Å². The third kappa shape index (κ3) is 4.01. The Labute approximate surface area is 122 Å². The molecule has 0 spiro atoms. The smallest absolute Gasteiger partial charge is 0.387 e. The number of hydrogen-bond donors (Lipinski definition) is 1. The highest BCUT2D eigenvalue weighted by Crippen LogP contribution is 2.23. The van der Waals surface area contributed by atoms with Gasteiger partial charge in [-0.1, -0.05) is 12.1 Å². The summed E-state index contributed by atoms with van der Waals surface area (Å²) in [5.74, 6) is 0.0433. The van der Waals surface area contributed by atoms with Crippen LogP contribution in [0.5, 0.6) is 5.75 Å². The van der Waals surface area contributed by atoms with E-state index < -0.39 is 12.7 Å². The van der Waals surface area contributed by atoms with E-state index in [2.05, 4.69) is 9.84 Å². The second-order valence-electron chi connectivity index (χ2n) is 4.76. The number of rotatable bonds is 6. The molecule has 0 saturated heterocycles. The van der Waals surface area contributed by atoms with Crippen LogP contribution in [0.4, 0.5) is 8.78 Å². The van der Waals surface area contributed by atoms with Gasteiger partial charge >= 0.3 is 6.61 Å².